The third-order valence-electron chi connectivity index (χ3n) is 5.87. The van der Waals surface area contributed by atoms with Gasteiger partial charge >= 0.3 is 5.97 Å². The fourth-order valence-corrected chi connectivity index (χ4v) is 5.24. The predicted octanol–water partition coefficient (Wildman–Crippen LogP) is 2.30. The van der Waals surface area contributed by atoms with E-state index in [1.54, 1.807) is 42.5 Å². The average molecular weight is 471 g/mol. The summed E-state index contributed by atoms with van der Waals surface area (Å²) >= 11 is 0.794. The highest BCUT2D eigenvalue weighted by molar-refractivity contribution is 8.14. The molecule has 2 aromatic rings. The molecule has 3 atom stereocenters. The van der Waals surface area contributed by atoms with Crippen molar-refractivity contribution in [3.63, 3.8) is 0 Å². The van der Waals surface area contributed by atoms with E-state index >= 15 is 0 Å². The monoisotopic (exact) mass is 470 g/mol. The van der Waals surface area contributed by atoms with Gasteiger partial charge in [0.1, 0.15) is 5.75 Å². The van der Waals surface area contributed by atoms with Crippen LogP contribution in [-0.2, 0) is 25.6 Å². The third-order valence-corrected chi connectivity index (χ3v) is 6.85. The molecule has 0 aromatic heterocycles. The average Bonchev–Trinajstić information content (AvgIpc) is 3.21. The van der Waals surface area contributed by atoms with Crippen molar-refractivity contribution in [2.24, 2.45) is 5.73 Å². The molecule has 4 N–H and O–H groups in total. The van der Waals surface area contributed by atoms with E-state index < -0.39 is 41.0 Å². The van der Waals surface area contributed by atoms with Crippen molar-refractivity contribution in [3.05, 3.63) is 65.7 Å². The lowest BCUT2D eigenvalue weighted by molar-refractivity contribution is -0.163. The number of carbonyl (C=O) groups excluding carboxylic acids is 3. The van der Waals surface area contributed by atoms with E-state index in [-0.39, 0.29) is 30.1 Å². The zero-order chi connectivity index (χ0) is 24.2. The molecule has 8 nitrogen and oxygen atoms in total. The maximum Gasteiger partial charge on any atom is 0.337 e. The molecule has 3 unspecified atom stereocenters. The summed E-state index contributed by atoms with van der Waals surface area (Å²) in [7, 11) is 0. The fraction of sp³-hybridized carbons (Fsp3) is 0.333. The van der Waals surface area contributed by atoms with E-state index in [4.69, 9.17) is 5.73 Å². The van der Waals surface area contributed by atoms with Crippen molar-refractivity contribution in [3.8, 4) is 5.75 Å². The first-order valence-electron chi connectivity index (χ1n) is 10.5. The van der Waals surface area contributed by atoms with Gasteiger partial charge in [0.15, 0.2) is 10.9 Å². The molecule has 0 aliphatic carbocycles. The molecule has 174 valence electrons. The van der Waals surface area contributed by atoms with Gasteiger partial charge in [0.2, 0.25) is 11.4 Å². The minimum Gasteiger partial charge on any atom is -0.508 e. The maximum absolute atomic E-state index is 13.9. The first-order chi connectivity index (χ1) is 15.7. The van der Waals surface area contributed by atoms with Crippen LogP contribution in [0.2, 0.25) is 0 Å². The number of nitrogens with zero attached hydrogens (tertiary/aromatic N) is 1. The largest absolute Gasteiger partial charge is 0.508 e. The Hall–Kier alpha value is -3.17. The Morgan fingerprint density at radius 1 is 1.12 bits per heavy atom. The quantitative estimate of drug-likeness (QED) is 0.500. The van der Waals surface area contributed by atoms with Crippen LogP contribution >= 0.6 is 11.8 Å². The highest BCUT2D eigenvalue weighted by Crippen LogP contribution is 2.45. The summed E-state index contributed by atoms with van der Waals surface area (Å²) in [6.07, 6.45) is 0.318. The second-order valence-electron chi connectivity index (χ2n) is 7.93. The minimum atomic E-state index is -2.10. The number of aliphatic carboxylic acids is 1. The Balaban J connectivity index is 2.09. The van der Waals surface area contributed by atoms with E-state index in [0.29, 0.717) is 11.1 Å². The van der Waals surface area contributed by atoms with Gasteiger partial charge in [-0.2, -0.15) is 0 Å². The maximum atomic E-state index is 13.9. The van der Waals surface area contributed by atoms with Crippen molar-refractivity contribution in [2.75, 3.05) is 6.54 Å². The van der Waals surface area contributed by atoms with Gasteiger partial charge in [0, 0.05) is 6.92 Å². The molecule has 1 amide bonds. The van der Waals surface area contributed by atoms with E-state index in [9.17, 15) is 29.4 Å². The van der Waals surface area contributed by atoms with Crippen LogP contribution in [0.25, 0.3) is 0 Å². The lowest BCUT2D eigenvalue weighted by atomic mass is 9.90. The Morgan fingerprint density at radius 3 is 2.30 bits per heavy atom. The van der Waals surface area contributed by atoms with E-state index in [1.807, 2.05) is 0 Å². The number of phenolic OH excluding ortho intramolecular Hbond substituents is 1. The summed E-state index contributed by atoms with van der Waals surface area (Å²) in [6.45, 7) is 0.802. The van der Waals surface area contributed by atoms with Crippen LogP contribution in [-0.4, -0.2) is 55.2 Å². The summed E-state index contributed by atoms with van der Waals surface area (Å²) in [4.78, 5) is 52.5. The number of hydrogen-bond acceptors (Lipinski definition) is 7. The molecule has 33 heavy (non-hydrogen) atoms. The second-order valence-corrected chi connectivity index (χ2v) is 9.31. The second kappa shape index (κ2) is 10.2. The van der Waals surface area contributed by atoms with Crippen molar-refractivity contribution >= 4 is 34.5 Å². The number of benzene rings is 2. The number of carboxylic acids is 1. The number of likely N-dealkylation sites (tertiary alicyclic amines) is 1. The summed E-state index contributed by atoms with van der Waals surface area (Å²) in [5.41, 5.74) is 4.87. The molecule has 1 fully saturated rings. The zero-order valence-corrected chi connectivity index (χ0v) is 19.0. The number of rotatable bonds is 8. The Bertz CT molecular complexity index is 1040. The number of carbonyl (C=O) groups is 4. The summed E-state index contributed by atoms with van der Waals surface area (Å²) in [5, 5.41) is 18.4. The number of aromatic hydroxyl groups is 1. The van der Waals surface area contributed by atoms with E-state index in [0.717, 1.165) is 16.7 Å². The van der Waals surface area contributed by atoms with E-state index in [2.05, 4.69) is 0 Å². The molecule has 0 spiro atoms. The molecule has 2 aromatic carbocycles. The van der Waals surface area contributed by atoms with Crippen molar-refractivity contribution in [2.45, 2.75) is 43.0 Å². The zero-order valence-electron chi connectivity index (χ0n) is 18.1. The number of nitrogens with two attached hydrogens (primary N) is 1. The third kappa shape index (κ3) is 4.94. The number of phenols is 1. The van der Waals surface area contributed by atoms with Gasteiger partial charge in [-0.1, -0.05) is 54.2 Å². The Kier molecular flexibility index (Phi) is 7.55. The Labute approximate surface area is 195 Å². The van der Waals surface area contributed by atoms with Crippen LogP contribution in [0.4, 0.5) is 0 Å². The summed E-state index contributed by atoms with van der Waals surface area (Å²) in [5.74, 6) is -2.74. The molecular formula is C24H26N2O6S. The summed E-state index contributed by atoms with van der Waals surface area (Å²) in [6, 6.07) is 14.5. The van der Waals surface area contributed by atoms with Crippen molar-refractivity contribution < 1.29 is 29.4 Å². The smallest absolute Gasteiger partial charge is 0.337 e. The number of Topliss-reactive ketones (excluding diaryl/α,β-unsaturated/α-hetero) is 1. The molecular weight excluding hydrogens is 444 g/mol. The Morgan fingerprint density at radius 2 is 1.76 bits per heavy atom. The number of hydrogen-bond donors (Lipinski definition) is 3. The number of carboxylic acid groups (broad SMARTS) is 1. The van der Waals surface area contributed by atoms with Gasteiger partial charge < -0.3 is 20.8 Å². The fourth-order valence-electron chi connectivity index (χ4n) is 4.35. The lowest BCUT2D eigenvalue weighted by Crippen LogP contribution is -2.62. The first-order valence-corrected chi connectivity index (χ1v) is 11.4. The highest BCUT2D eigenvalue weighted by Gasteiger charge is 2.59. The number of thioether (sulfide) groups is 1. The van der Waals surface area contributed by atoms with Gasteiger partial charge in [0.05, 0.1) is 17.8 Å². The van der Waals surface area contributed by atoms with Crippen LogP contribution in [0.1, 0.15) is 36.9 Å². The molecule has 9 heteroatoms. The standard InChI is InChI=1S/C24H26N2O6S/c1-15(27)33-20(13-16-7-9-18(28)10-8-16)22(30)26-19(17-5-3-2-4-6-17)11-12-24(26,23(31)32)21(29)14-25/h2-10,19-20,28H,11-14,25H2,1H3,(H,31,32). The van der Waals surface area contributed by atoms with Gasteiger partial charge in [-0.3, -0.25) is 14.4 Å². The summed E-state index contributed by atoms with van der Waals surface area (Å²) < 4.78 is 0. The molecule has 0 radical (unpaired) electrons. The number of ketones is 1. The lowest BCUT2D eigenvalue weighted by Gasteiger charge is -2.38. The van der Waals surface area contributed by atoms with Gasteiger partial charge in [-0.05, 0) is 42.5 Å². The predicted molar refractivity (Wildman–Crippen MR) is 124 cm³/mol. The normalized spacial score (nSPS) is 20.9. The molecule has 0 bridgehead atoms. The van der Waals surface area contributed by atoms with E-state index in [1.165, 1.54) is 19.1 Å². The highest BCUT2D eigenvalue weighted by atomic mass is 32.2. The van der Waals surface area contributed by atoms with Crippen molar-refractivity contribution in [1.29, 1.82) is 0 Å². The van der Waals surface area contributed by atoms with Crippen molar-refractivity contribution in [1.82, 2.24) is 4.90 Å². The number of amides is 1. The van der Waals surface area contributed by atoms with Gasteiger partial charge in [0.25, 0.3) is 0 Å². The van der Waals surface area contributed by atoms with Crippen LogP contribution in [0.15, 0.2) is 54.6 Å². The SMILES string of the molecule is CC(=O)SC(Cc1ccc(O)cc1)C(=O)N1C(c2ccccc2)CCC1(C(=O)O)C(=O)CN. The molecule has 1 saturated heterocycles. The minimum absolute atomic E-state index is 0.0583. The topological polar surface area (TPSA) is 138 Å². The van der Waals surface area contributed by atoms with Gasteiger partial charge in [-0.25, -0.2) is 4.79 Å². The van der Waals surface area contributed by atoms with Crippen LogP contribution in [0.3, 0.4) is 0 Å². The first kappa shape index (κ1) is 24.5. The molecule has 1 aliphatic rings. The van der Waals surface area contributed by atoms with Crippen LogP contribution < -0.4 is 5.73 Å². The van der Waals surface area contributed by atoms with Gasteiger partial charge in [-0.15, -0.1) is 0 Å². The molecule has 1 heterocycles. The van der Waals surface area contributed by atoms with Crippen LogP contribution in [0, 0.1) is 0 Å². The molecule has 0 saturated carbocycles. The molecule has 1 aliphatic heterocycles. The van der Waals surface area contributed by atoms with Crippen LogP contribution in [0.5, 0.6) is 5.75 Å². The molecule has 3 rings (SSSR count).